The normalized spacial score (nSPS) is 34.8. The van der Waals surface area contributed by atoms with Gasteiger partial charge in [-0.2, -0.15) is 0 Å². The summed E-state index contributed by atoms with van der Waals surface area (Å²) in [4.78, 5) is 0. The van der Waals surface area contributed by atoms with Crippen molar-refractivity contribution in [2.75, 3.05) is 0 Å². The van der Waals surface area contributed by atoms with Crippen LogP contribution in [-0.2, 0) is 0 Å². The topological polar surface area (TPSA) is 0 Å². The van der Waals surface area contributed by atoms with Crippen molar-refractivity contribution in [1.29, 1.82) is 0 Å². The summed E-state index contributed by atoms with van der Waals surface area (Å²) < 4.78 is 30.2. The molecule has 0 bridgehead atoms. The third-order valence-electron chi connectivity index (χ3n) is 8.98. The Labute approximate surface area is 200 Å². The van der Waals surface area contributed by atoms with Gasteiger partial charge in [-0.1, -0.05) is 120 Å². The monoisotopic (exact) mass is 454 g/mol. The van der Waals surface area contributed by atoms with E-state index in [9.17, 15) is 4.39 Å². The van der Waals surface area contributed by atoms with E-state index in [0.29, 0.717) is 12.3 Å². The number of hydrogen-bond donors (Lipinski definition) is 0. The van der Waals surface area contributed by atoms with Crippen LogP contribution in [0.5, 0.6) is 0 Å². The van der Waals surface area contributed by atoms with Gasteiger partial charge in [-0.3, -0.25) is 0 Å². The molecule has 0 aromatic heterocycles. The molecule has 0 amide bonds. The zero-order valence-corrected chi connectivity index (χ0v) is 20.7. The van der Waals surface area contributed by atoms with Crippen molar-refractivity contribution >= 4 is 5.57 Å². The molecule has 2 atom stereocenters. The highest BCUT2D eigenvalue weighted by molar-refractivity contribution is 5.76. The van der Waals surface area contributed by atoms with E-state index >= 15 is 4.39 Å². The SMILES string of the molecule is CCC[C@H]1CC[C@H](CC[C@H]2CC[C@H](CCC3(F)C=CC(c4ccccc4)=CC3F)CC2)CC1. The maximum Gasteiger partial charge on any atom is 0.164 e. The van der Waals surface area contributed by atoms with Crippen molar-refractivity contribution in [3.05, 3.63) is 54.1 Å². The van der Waals surface area contributed by atoms with E-state index < -0.39 is 11.8 Å². The first-order chi connectivity index (χ1) is 16.1. The van der Waals surface area contributed by atoms with Gasteiger partial charge in [0, 0.05) is 0 Å². The molecule has 2 unspecified atom stereocenters. The van der Waals surface area contributed by atoms with Gasteiger partial charge in [-0.15, -0.1) is 0 Å². The summed E-state index contributed by atoms with van der Waals surface area (Å²) in [5.74, 6) is 3.41. The number of benzene rings is 1. The molecule has 0 N–H and O–H groups in total. The van der Waals surface area contributed by atoms with E-state index in [0.717, 1.165) is 35.3 Å². The Morgan fingerprint density at radius 1 is 0.758 bits per heavy atom. The molecule has 3 aliphatic carbocycles. The summed E-state index contributed by atoms with van der Waals surface area (Å²) in [6.07, 6.45) is 20.7. The lowest BCUT2D eigenvalue weighted by molar-refractivity contribution is 0.101. The maximum atomic E-state index is 15.4. The molecule has 2 heteroatoms. The lowest BCUT2D eigenvalue weighted by Gasteiger charge is -2.33. The molecule has 33 heavy (non-hydrogen) atoms. The second-order valence-corrected chi connectivity index (χ2v) is 11.3. The van der Waals surface area contributed by atoms with Crippen molar-refractivity contribution in [3.8, 4) is 0 Å². The Morgan fingerprint density at radius 2 is 1.27 bits per heavy atom. The van der Waals surface area contributed by atoms with Crippen LogP contribution < -0.4 is 0 Å². The van der Waals surface area contributed by atoms with Crippen LogP contribution in [0.1, 0.15) is 102 Å². The first-order valence-corrected chi connectivity index (χ1v) is 13.8. The highest BCUT2D eigenvalue weighted by Crippen LogP contribution is 2.41. The van der Waals surface area contributed by atoms with Crippen LogP contribution in [0.25, 0.3) is 5.57 Å². The van der Waals surface area contributed by atoms with E-state index in [-0.39, 0.29) is 0 Å². The third-order valence-corrected chi connectivity index (χ3v) is 8.98. The Morgan fingerprint density at radius 3 is 1.79 bits per heavy atom. The minimum absolute atomic E-state index is 0.305. The Balaban J connectivity index is 1.15. The smallest absolute Gasteiger partial charge is 0.164 e. The number of allylic oxidation sites excluding steroid dienone is 4. The molecular formula is C31H44F2. The van der Waals surface area contributed by atoms with Crippen molar-refractivity contribution < 1.29 is 8.78 Å². The lowest BCUT2D eigenvalue weighted by atomic mass is 9.73. The fourth-order valence-corrected chi connectivity index (χ4v) is 6.64. The summed E-state index contributed by atoms with van der Waals surface area (Å²) >= 11 is 0. The predicted molar refractivity (Wildman–Crippen MR) is 137 cm³/mol. The first-order valence-electron chi connectivity index (χ1n) is 13.8. The third kappa shape index (κ3) is 6.80. The molecule has 3 aliphatic rings. The van der Waals surface area contributed by atoms with Crippen LogP contribution in [0, 0.1) is 23.7 Å². The summed E-state index contributed by atoms with van der Waals surface area (Å²) in [5, 5.41) is 0. The van der Waals surface area contributed by atoms with Gasteiger partial charge >= 0.3 is 0 Å². The molecule has 1 aromatic carbocycles. The zero-order valence-electron chi connectivity index (χ0n) is 20.7. The van der Waals surface area contributed by atoms with E-state index in [1.807, 2.05) is 30.3 Å². The summed E-state index contributed by atoms with van der Waals surface area (Å²) in [7, 11) is 0. The van der Waals surface area contributed by atoms with Crippen LogP contribution in [0.3, 0.4) is 0 Å². The zero-order chi connectivity index (χ0) is 23.1. The molecule has 0 nitrogen and oxygen atoms in total. The molecule has 0 radical (unpaired) electrons. The van der Waals surface area contributed by atoms with Gasteiger partial charge in [-0.05, 0) is 59.8 Å². The summed E-state index contributed by atoms with van der Waals surface area (Å²) in [5.41, 5.74) is -0.104. The highest BCUT2D eigenvalue weighted by atomic mass is 19.2. The van der Waals surface area contributed by atoms with E-state index in [2.05, 4.69) is 6.92 Å². The van der Waals surface area contributed by atoms with E-state index in [1.165, 1.54) is 89.2 Å². The lowest BCUT2D eigenvalue weighted by Crippen LogP contribution is -2.34. The molecular weight excluding hydrogens is 410 g/mol. The van der Waals surface area contributed by atoms with Gasteiger partial charge in [0.05, 0.1) is 0 Å². The minimum Gasteiger partial charge on any atom is -0.239 e. The summed E-state index contributed by atoms with van der Waals surface area (Å²) in [6.45, 7) is 2.32. The van der Waals surface area contributed by atoms with Crippen LogP contribution in [-0.4, -0.2) is 11.8 Å². The van der Waals surface area contributed by atoms with Crippen molar-refractivity contribution in [2.24, 2.45) is 23.7 Å². The number of hydrogen-bond acceptors (Lipinski definition) is 0. The quantitative estimate of drug-likeness (QED) is 0.348. The number of alkyl halides is 2. The van der Waals surface area contributed by atoms with Gasteiger partial charge in [0.1, 0.15) is 0 Å². The maximum absolute atomic E-state index is 15.4. The Hall–Kier alpha value is -1.44. The second kappa shape index (κ2) is 11.8. The average molecular weight is 455 g/mol. The minimum atomic E-state index is -1.84. The number of rotatable bonds is 9. The predicted octanol–water partition coefficient (Wildman–Crippen LogP) is 9.66. The second-order valence-electron chi connectivity index (χ2n) is 11.3. The molecule has 182 valence electrons. The Kier molecular flexibility index (Phi) is 8.83. The van der Waals surface area contributed by atoms with Crippen molar-refractivity contribution in [1.82, 2.24) is 0 Å². The van der Waals surface area contributed by atoms with Crippen LogP contribution in [0.2, 0.25) is 0 Å². The number of halogens is 2. The van der Waals surface area contributed by atoms with Crippen molar-refractivity contribution in [3.63, 3.8) is 0 Å². The average Bonchev–Trinajstić information content (AvgIpc) is 2.85. The Bertz CT molecular complexity index is 765. The largest absolute Gasteiger partial charge is 0.239 e. The highest BCUT2D eigenvalue weighted by Gasteiger charge is 2.39. The van der Waals surface area contributed by atoms with Crippen LogP contribution >= 0.6 is 0 Å². The molecule has 0 heterocycles. The molecule has 0 aliphatic heterocycles. The summed E-state index contributed by atoms with van der Waals surface area (Å²) in [6, 6.07) is 9.70. The van der Waals surface area contributed by atoms with E-state index in [4.69, 9.17) is 0 Å². The molecule has 0 saturated heterocycles. The van der Waals surface area contributed by atoms with Gasteiger partial charge in [0.25, 0.3) is 0 Å². The van der Waals surface area contributed by atoms with Gasteiger partial charge in [0.2, 0.25) is 0 Å². The fourth-order valence-electron chi connectivity index (χ4n) is 6.64. The fraction of sp³-hybridized carbons (Fsp3) is 0.677. The van der Waals surface area contributed by atoms with Crippen LogP contribution in [0.15, 0.2) is 48.6 Å². The van der Waals surface area contributed by atoms with Gasteiger partial charge < -0.3 is 0 Å². The standard InChI is InChI=1S/C31H44F2/c1-2-6-24-9-11-25(12-10-24)13-14-26-15-17-27(18-16-26)19-21-31(33)22-20-29(23-30(31)32)28-7-4-3-5-8-28/h3-5,7-8,20,22-27,30H,2,6,9-19,21H2,1H3/t24-,25-,26-,27-,30?,31?. The van der Waals surface area contributed by atoms with E-state index in [1.54, 1.807) is 6.08 Å². The van der Waals surface area contributed by atoms with Gasteiger partial charge in [-0.25, -0.2) is 8.78 Å². The first kappa shape index (κ1) is 24.7. The molecule has 2 fully saturated rings. The molecule has 1 aromatic rings. The van der Waals surface area contributed by atoms with Crippen LogP contribution in [0.4, 0.5) is 8.78 Å². The molecule has 0 spiro atoms. The van der Waals surface area contributed by atoms with Gasteiger partial charge in [0.15, 0.2) is 11.8 Å². The molecule has 2 saturated carbocycles. The molecule has 4 rings (SSSR count). The van der Waals surface area contributed by atoms with Crippen molar-refractivity contribution in [2.45, 2.75) is 109 Å².